The Morgan fingerprint density at radius 1 is 0.793 bits per heavy atom. The van der Waals surface area contributed by atoms with Crippen LogP contribution in [0.25, 0.3) is 0 Å². The molecular formula is C21H31N3O5. The summed E-state index contributed by atoms with van der Waals surface area (Å²) in [5.41, 5.74) is 3.50. The van der Waals surface area contributed by atoms with E-state index in [9.17, 15) is 24.3 Å². The highest BCUT2D eigenvalue weighted by Gasteiger charge is 2.28. The largest absolute Gasteiger partial charge is 0.480 e. The normalized spacial score (nSPS) is 11.5. The maximum atomic E-state index is 13.0. The predicted molar refractivity (Wildman–Crippen MR) is 110 cm³/mol. The van der Waals surface area contributed by atoms with Crippen LogP contribution >= 0.6 is 0 Å². The first kappa shape index (κ1) is 24.1. The number of carboxylic acid groups (broad SMARTS) is 1. The van der Waals surface area contributed by atoms with Crippen molar-refractivity contribution >= 4 is 23.7 Å². The minimum atomic E-state index is -1.24. The minimum Gasteiger partial charge on any atom is -0.480 e. The Morgan fingerprint density at radius 2 is 1.28 bits per heavy atom. The van der Waals surface area contributed by atoms with Crippen LogP contribution in [-0.2, 0) is 9.59 Å². The van der Waals surface area contributed by atoms with Gasteiger partial charge in [-0.15, -0.1) is 0 Å². The van der Waals surface area contributed by atoms with Crippen LogP contribution in [0.2, 0.25) is 0 Å². The summed E-state index contributed by atoms with van der Waals surface area (Å²) in [7, 11) is 0. The molecule has 160 valence electrons. The molecule has 0 aromatic heterocycles. The van der Waals surface area contributed by atoms with Crippen molar-refractivity contribution in [1.82, 2.24) is 16.0 Å². The molecule has 8 nitrogen and oxygen atoms in total. The molecular weight excluding hydrogens is 374 g/mol. The number of carbonyl (C=O) groups excluding carboxylic acids is 3. The number of carboxylic acids is 1. The van der Waals surface area contributed by atoms with E-state index in [1.165, 1.54) is 0 Å². The molecule has 1 aromatic carbocycles. The third-order valence-corrected chi connectivity index (χ3v) is 5.12. The number of aliphatic carboxylic acids is 1. The molecule has 0 radical (unpaired) electrons. The lowest BCUT2D eigenvalue weighted by atomic mass is 9.87. The van der Waals surface area contributed by atoms with E-state index in [1.54, 1.807) is 27.7 Å². The molecule has 0 bridgehead atoms. The summed E-state index contributed by atoms with van der Waals surface area (Å²) in [6.45, 7) is 11.6. The van der Waals surface area contributed by atoms with Crippen LogP contribution in [0, 0.1) is 27.7 Å². The van der Waals surface area contributed by atoms with Gasteiger partial charge in [-0.1, -0.05) is 0 Å². The molecule has 1 rings (SSSR count). The van der Waals surface area contributed by atoms with Crippen LogP contribution in [0.15, 0.2) is 0 Å². The van der Waals surface area contributed by atoms with Crippen molar-refractivity contribution in [3.05, 3.63) is 33.4 Å². The van der Waals surface area contributed by atoms with Gasteiger partial charge in [-0.3, -0.25) is 14.4 Å². The van der Waals surface area contributed by atoms with E-state index in [4.69, 9.17) is 0 Å². The van der Waals surface area contributed by atoms with Crippen molar-refractivity contribution in [3.8, 4) is 0 Å². The highest BCUT2D eigenvalue weighted by atomic mass is 16.4. The lowest BCUT2D eigenvalue weighted by Gasteiger charge is -2.21. The lowest BCUT2D eigenvalue weighted by Crippen LogP contribution is -2.43. The van der Waals surface area contributed by atoms with Gasteiger partial charge in [-0.25, -0.2) is 4.79 Å². The lowest BCUT2D eigenvalue weighted by molar-refractivity contribution is -0.139. The second kappa shape index (κ2) is 10.6. The predicted octanol–water partition coefficient (Wildman–Crippen LogP) is 1.77. The summed E-state index contributed by atoms with van der Waals surface area (Å²) in [6, 6.07) is -1.24. The van der Waals surface area contributed by atoms with Gasteiger partial charge < -0.3 is 21.1 Å². The van der Waals surface area contributed by atoms with Crippen LogP contribution in [-0.4, -0.2) is 47.9 Å². The molecule has 8 heteroatoms. The summed E-state index contributed by atoms with van der Waals surface area (Å²) >= 11 is 0. The molecule has 29 heavy (non-hydrogen) atoms. The van der Waals surface area contributed by atoms with Crippen molar-refractivity contribution in [3.63, 3.8) is 0 Å². The highest BCUT2D eigenvalue weighted by Crippen LogP contribution is 2.27. The van der Waals surface area contributed by atoms with Crippen LogP contribution in [0.5, 0.6) is 0 Å². The summed E-state index contributed by atoms with van der Waals surface area (Å²) in [4.78, 5) is 49.0. The third-order valence-electron chi connectivity index (χ3n) is 5.12. The molecule has 3 amide bonds. The Balaban J connectivity index is 3.30. The molecule has 0 aliphatic carbocycles. The summed E-state index contributed by atoms with van der Waals surface area (Å²) in [6.07, 6.45) is -0.0779. The maximum Gasteiger partial charge on any atom is 0.326 e. The molecule has 4 N–H and O–H groups in total. The van der Waals surface area contributed by atoms with E-state index in [2.05, 4.69) is 16.0 Å². The molecule has 0 spiro atoms. The van der Waals surface area contributed by atoms with Gasteiger partial charge in [0.05, 0.1) is 11.1 Å². The molecule has 1 atom stereocenters. The van der Waals surface area contributed by atoms with E-state index >= 15 is 0 Å². The molecule has 0 aliphatic heterocycles. The van der Waals surface area contributed by atoms with Crippen LogP contribution in [0.1, 0.15) is 69.7 Å². The average Bonchev–Trinajstić information content (AvgIpc) is 2.65. The first-order valence-corrected chi connectivity index (χ1v) is 9.75. The minimum absolute atomic E-state index is 0.0286. The van der Waals surface area contributed by atoms with Crippen molar-refractivity contribution < 1.29 is 24.3 Å². The number of rotatable bonds is 9. The number of hydrogen-bond donors (Lipinski definition) is 4. The first-order valence-electron chi connectivity index (χ1n) is 9.75. The smallest absolute Gasteiger partial charge is 0.326 e. The zero-order valence-corrected chi connectivity index (χ0v) is 18.0. The molecule has 0 saturated heterocycles. The Labute approximate surface area is 171 Å². The third kappa shape index (κ3) is 5.79. The Morgan fingerprint density at radius 3 is 1.72 bits per heavy atom. The second-order valence-corrected chi connectivity index (χ2v) is 6.97. The molecule has 0 saturated carbocycles. The van der Waals surface area contributed by atoms with Gasteiger partial charge in [-0.2, -0.15) is 0 Å². The van der Waals surface area contributed by atoms with Gasteiger partial charge in [-0.05, 0) is 70.2 Å². The van der Waals surface area contributed by atoms with Gasteiger partial charge in [0.2, 0.25) is 5.91 Å². The van der Waals surface area contributed by atoms with Crippen molar-refractivity contribution in [2.45, 2.75) is 60.4 Å². The summed E-state index contributed by atoms with van der Waals surface area (Å²) in [5, 5.41) is 17.3. The Kier molecular flexibility index (Phi) is 8.82. The number of nitrogens with one attached hydrogen (secondary N) is 3. The summed E-state index contributed by atoms with van der Waals surface area (Å²) < 4.78 is 0. The second-order valence-electron chi connectivity index (χ2n) is 6.97. The van der Waals surface area contributed by atoms with Crippen LogP contribution < -0.4 is 16.0 Å². The monoisotopic (exact) mass is 405 g/mol. The SMILES string of the molecule is CCNC(=O)CCC(NC(=O)c1c(C)c(C)c(C)c(C)c1C(=O)NCC)C(=O)O. The quantitative estimate of drug-likeness (QED) is 0.498. The zero-order valence-electron chi connectivity index (χ0n) is 18.0. The number of hydrogen-bond acceptors (Lipinski definition) is 4. The van der Waals surface area contributed by atoms with Gasteiger partial charge in [0.1, 0.15) is 6.04 Å². The van der Waals surface area contributed by atoms with Gasteiger partial charge >= 0.3 is 5.97 Å². The van der Waals surface area contributed by atoms with Crippen LogP contribution in [0.4, 0.5) is 0 Å². The maximum absolute atomic E-state index is 13.0. The molecule has 0 heterocycles. The van der Waals surface area contributed by atoms with Crippen molar-refractivity contribution in [1.29, 1.82) is 0 Å². The first-order chi connectivity index (χ1) is 13.6. The topological polar surface area (TPSA) is 125 Å². The van der Waals surface area contributed by atoms with E-state index in [0.717, 1.165) is 11.1 Å². The van der Waals surface area contributed by atoms with E-state index in [1.807, 2.05) is 13.8 Å². The fraction of sp³-hybridized carbons (Fsp3) is 0.524. The van der Waals surface area contributed by atoms with Crippen molar-refractivity contribution in [2.24, 2.45) is 0 Å². The van der Waals surface area contributed by atoms with Gasteiger partial charge in [0.15, 0.2) is 0 Å². The number of benzene rings is 1. The zero-order chi connectivity index (χ0) is 22.3. The average molecular weight is 405 g/mol. The van der Waals surface area contributed by atoms with Gasteiger partial charge in [0.25, 0.3) is 11.8 Å². The Bertz CT molecular complexity index is 817. The number of carbonyl (C=O) groups is 4. The molecule has 1 unspecified atom stereocenters. The molecule has 0 fully saturated rings. The van der Waals surface area contributed by atoms with E-state index < -0.39 is 17.9 Å². The van der Waals surface area contributed by atoms with Gasteiger partial charge in [0, 0.05) is 19.5 Å². The Hall–Kier alpha value is -2.90. The van der Waals surface area contributed by atoms with E-state index in [0.29, 0.717) is 24.2 Å². The standard InChI is InChI=1S/C21H31N3O5/c1-7-22-16(25)10-9-15(21(28)29)24-20(27)18-14(6)12(4)11(3)13(5)17(18)19(26)23-8-2/h15H,7-10H2,1-6H3,(H,22,25)(H,23,26)(H,24,27)(H,28,29). The highest BCUT2D eigenvalue weighted by molar-refractivity contribution is 6.10. The number of amides is 3. The van der Waals surface area contributed by atoms with Crippen LogP contribution in [0.3, 0.4) is 0 Å². The molecule has 0 aliphatic rings. The van der Waals surface area contributed by atoms with E-state index in [-0.39, 0.29) is 35.8 Å². The fourth-order valence-electron chi connectivity index (χ4n) is 3.18. The fourth-order valence-corrected chi connectivity index (χ4v) is 3.18. The van der Waals surface area contributed by atoms with Crippen molar-refractivity contribution in [2.75, 3.05) is 13.1 Å². The molecule has 1 aromatic rings. The summed E-state index contributed by atoms with van der Waals surface area (Å²) in [5.74, 6) is -2.54.